The minimum absolute atomic E-state index is 0.172. The molecule has 0 bridgehead atoms. The molecular formula is C21H26N2O4S. The number of rotatable bonds is 6. The van der Waals surface area contributed by atoms with Gasteiger partial charge in [0.25, 0.3) is 5.91 Å². The first-order chi connectivity index (χ1) is 13.4. The van der Waals surface area contributed by atoms with Crippen LogP contribution in [-0.4, -0.2) is 39.3 Å². The number of hydrogen-bond acceptors (Lipinski definition) is 4. The molecular weight excluding hydrogens is 376 g/mol. The Hall–Kier alpha value is -2.54. The fraction of sp³-hybridized carbons (Fsp3) is 0.381. The van der Waals surface area contributed by atoms with Crippen molar-refractivity contribution >= 4 is 21.6 Å². The number of benzene rings is 2. The molecule has 1 amide bonds. The lowest BCUT2D eigenvalue weighted by atomic mass is 10.1. The minimum atomic E-state index is -3.25. The molecule has 3 rings (SSSR count). The summed E-state index contributed by atoms with van der Waals surface area (Å²) in [6.45, 7) is 4.70. The molecule has 0 aliphatic carbocycles. The summed E-state index contributed by atoms with van der Waals surface area (Å²) in [5, 5.41) is 2.91. The lowest BCUT2D eigenvalue weighted by Gasteiger charge is -2.28. The van der Waals surface area contributed by atoms with E-state index in [2.05, 4.69) is 5.32 Å². The van der Waals surface area contributed by atoms with E-state index in [1.807, 2.05) is 38.1 Å². The van der Waals surface area contributed by atoms with Gasteiger partial charge in [0.2, 0.25) is 10.0 Å². The highest BCUT2D eigenvalue weighted by Crippen LogP contribution is 2.23. The molecule has 1 aliphatic heterocycles. The number of para-hydroxylation sites is 1. The molecule has 1 atom stereocenters. The van der Waals surface area contributed by atoms with E-state index in [9.17, 15) is 13.2 Å². The van der Waals surface area contributed by atoms with Crippen molar-refractivity contribution in [3.8, 4) is 5.75 Å². The van der Waals surface area contributed by atoms with Gasteiger partial charge in [-0.05, 0) is 62.6 Å². The highest BCUT2D eigenvalue weighted by atomic mass is 32.2. The van der Waals surface area contributed by atoms with Gasteiger partial charge in [-0.1, -0.05) is 18.2 Å². The Kier molecular flexibility index (Phi) is 6.24. The molecule has 2 aromatic carbocycles. The first-order valence-electron chi connectivity index (χ1n) is 9.46. The maximum Gasteiger partial charge on any atom is 0.251 e. The molecule has 0 saturated carbocycles. The molecule has 0 aromatic heterocycles. The minimum Gasteiger partial charge on any atom is -0.491 e. The number of sulfonamides is 1. The second kappa shape index (κ2) is 8.65. The normalized spacial score (nSPS) is 17.0. The van der Waals surface area contributed by atoms with E-state index >= 15 is 0 Å². The Morgan fingerprint density at radius 3 is 2.54 bits per heavy atom. The van der Waals surface area contributed by atoms with Crippen molar-refractivity contribution < 1.29 is 17.9 Å². The van der Waals surface area contributed by atoms with Gasteiger partial charge < -0.3 is 10.1 Å². The summed E-state index contributed by atoms with van der Waals surface area (Å²) >= 11 is 0. The largest absolute Gasteiger partial charge is 0.491 e. The standard InChI is InChI=1S/C21H26N2O4S/c1-16-7-3-4-8-20(16)27-15-17(2)22-21(24)18-9-11-19(12-10-18)23-13-5-6-14-28(23,25)26/h3-4,7-12,17H,5-6,13-15H2,1-2H3,(H,22,24)/t17-/m0/s1. The van der Waals surface area contributed by atoms with Crippen molar-refractivity contribution in [2.75, 3.05) is 23.2 Å². The van der Waals surface area contributed by atoms with Gasteiger partial charge in [-0.3, -0.25) is 9.10 Å². The van der Waals surface area contributed by atoms with Gasteiger partial charge in [-0.2, -0.15) is 0 Å². The van der Waals surface area contributed by atoms with Crippen molar-refractivity contribution in [3.63, 3.8) is 0 Å². The Balaban J connectivity index is 1.58. The number of carbonyl (C=O) groups is 1. The number of nitrogens with zero attached hydrogens (tertiary/aromatic N) is 1. The summed E-state index contributed by atoms with van der Waals surface area (Å²) in [6.07, 6.45) is 1.54. The van der Waals surface area contributed by atoms with Crippen LogP contribution in [0.2, 0.25) is 0 Å². The van der Waals surface area contributed by atoms with Gasteiger partial charge in [-0.15, -0.1) is 0 Å². The number of anilines is 1. The van der Waals surface area contributed by atoms with Crippen LogP contribution >= 0.6 is 0 Å². The summed E-state index contributed by atoms with van der Waals surface area (Å²) in [5.74, 6) is 0.762. The van der Waals surface area contributed by atoms with Gasteiger partial charge in [0.15, 0.2) is 0 Å². The van der Waals surface area contributed by atoms with Crippen LogP contribution in [-0.2, 0) is 10.0 Å². The van der Waals surface area contributed by atoms with Crippen LogP contribution in [0.1, 0.15) is 35.7 Å². The predicted molar refractivity (Wildman–Crippen MR) is 110 cm³/mol. The number of ether oxygens (including phenoxy) is 1. The van der Waals surface area contributed by atoms with Gasteiger partial charge in [-0.25, -0.2) is 8.42 Å². The zero-order valence-electron chi connectivity index (χ0n) is 16.2. The Labute approximate surface area is 166 Å². The maximum absolute atomic E-state index is 12.4. The van der Waals surface area contributed by atoms with E-state index < -0.39 is 10.0 Å². The SMILES string of the molecule is Cc1ccccc1OC[C@H](C)NC(=O)c1ccc(N2CCCCS2(=O)=O)cc1. The highest BCUT2D eigenvalue weighted by molar-refractivity contribution is 7.92. The fourth-order valence-electron chi connectivity index (χ4n) is 3.14. The molecule has 1 N–H and O–H groups in total. The van der Waals surface area contributed by atoms with E-state index in [1.165, 1.54) is 4.31 Å². The van der Waals surface area contributed by atoms with Crippen molar-refractivity contribution in [1.82, 2.24) is 5.32 Å². The molecule has 150 valence electrons. The van der Waals surface area contributed by atoms with E-state index in [-0.39, 0.29) is 17.7 Å². The van der Waals surface area contributed by atoms with E-state index in [0.717, 1.165) is 17.7 Å². The number of aryl methyl sites for hydroxylation is 1. The Morgan fingerprint density at radius 1 is 1.14 bits per heavy atom. The van der Waals surface area contributed by atoms with Gasteiger partial charge >= 0.3 is 0 Å². The van der Waals surface area contributed by atoms with Crippen LogP contribution in [0.5, 0.6) is 5.75 Å². The van der Waals surface area contributed by atoms with Crippen molar-refractivity contribution in [3.05, 3.63) is 59.7 Å². The third-order valence-corrected chi connectivity index (χ3v) is 6.60. The van der Waals surface area contributed by atoms with E-state index in [4.69, 9.17) is 4.74 Å². The molecule has 6 nitrogen and oxygen atoms in total. The Morgan fingerprint density at radius 2 is 1.86 bits per heavy atom. The highest BCUT2D eigenvalue weighted by Gasteiger charge is 2.26. The second-order valence-electron chi connectivity index (χ2n) is 7.09. The average Bonchev–Trinajstić information content (AvgIpc) is 2.67. The van der Waals surface area contributed by atoms with E-state index in [1.54, 1.807) is 24.3 Å². The molecule has 7 heteroatoms. The quantitative estimate of drug-likeness (QED) is 0.806. The van der Waals surface area contributed by atoms with Crippen molar-refractivity contribution in [1.29, 1.82) is 0 Å². The zero-order chi connectivity index (χ0) is 20.1. The third-order valence-electron chi connectivity index (χ3n) is 4.73. The van der Waals surface area contributed by atoms with Gasteiger partial charge in [0, 0.05) is 12.1 Å². The fourth-order valence-corrected chi connectivity index (χ4v) is 4.78. The van der Waals surface area contributed by atoms with Gasteiger partial charge in [0.1, 0.15) is 12.4 Å². The van der Waals surface area contributed by atoms with Crippen LogP contribution in [0.15, 0.2) is 48.5 Å². The monoisotopic (exact) mass is 402 g/mol. The Bertz CT molecular complexity index is 926. The third kappa shape index (κ3) is 4.84. The molecule has 1 aliphatic rings. The second-order valence-corrected chi connectivity index (χ2v) is 9.11. The molecule has 0 unspecified atom stereocenters. The molecule has 0 radical (unpaired) electrons. The first kappa shape index (κ1) is 20.2. The molecule has 28 heavy (non-hydrogen) atoms. The number of nitrogens with one attached hydrogen (secondary N) is 1. The summed E-state index contributed by atoms with van der Waals surface area (Å²) in [4.78, 5) is 12.4. The van der Waals surface area contributed by atoms with Crippen LogP contribution in [0.4, 0.5) is 5.69 Å². The molecule has 0 spiro atoms. The molecule has 1 fully saturated rings. The lowest BCUT2D eigenvalue weighted by Crippen LogP contribution is -2.38. The van der Waals surface area contributed by atoms with Crippen LogP contribution < -0.4 is 14.4 Å². The van der Waals surface area contributed by atoms with Crippen LogP contribution in [0.25, 0.3) is 0 Å². The number of carbonyl (C=O) groups excluding carboxylic acids is 1. The lowest BCUT2D eigenvalue weighted by molar-refractivity contribution is 0.0926. The summed E-state index contributed by atoms with van der Waals surface area (Å²) < 4.78 is 31.6. The summed E-state index contributed by atoms with van der Waals surface area (Å²) in [7, 11) is -3.25. The smallest absolute Gasteiger partial charge is 0.251 e. The van der Waals surface area contributed by atoms with Crippen LogP contribution in [0.3, 0.4) is 0 Å². The molecule has 2 aromatic rings. The number of hydrogen-bond donors (Lipinski definition) is 1. The van der Waals surface area contributed by atoms with Crippen LogP contribution in [0, 0.1) is 6.92 Å². The summed E-state index contributed by atoms with van der Waals surface area (Å²) in [5.41, 5.74) is 2.14. The topological polar surface area (TPSA) is 75.7 Å². The van der Waals surface area contributed by atoms with E-state index in [0.29, 0.717) is 30.8 Å². The first-order valence-corrected chi connectivity index (χ1v) is 11.1. The molecule has 1 heterocycles. The average molecular weight is 403 g/mol. The van der Waals surface area contributed by atoms with Gasteiger partial charge in [0.05, 0.1) is 17.5 Å². The van der Waals surface area contributed by atoms with Crippen molar-refractivity contribution in [2.45, 2.75) is 32.7 Å². The predicted octanol–water partition coefficient (Wildman–Crippen LogP) is 3.12. The number of amides is 1. The molecule has 1 saturated heterocycles. The van der Waals surface area contributed by atoms with Crippen molar-refractivity contribution in [2.24, 2.45) is 0 Å². The zero-order valence-corrected chi connectivity index (χ0v) is 17.0. The summed E-state index contributed by atoms with van der Waals surface area (Å²) in [6, 6.07) is 14.3. The maximum atomic E-state index is 12.4.